The first-order valence-corrected chi connectivity index (χ1v) is 7.38. The molecular formula is C16H16N4O6. The molecule has 0 radical (unpaired) electrons. The molecule has 136 valence electrons. The Morgan fingerprint density at radius 1 is 1.42 bits per heavy atom. The van der Waals surface area contributed by atoms with Gasteiger partial charge in [0.05, 0.1) is 18.2 Å². The zero-order chi connectivity index (χ0) is 19.1. The van der Waals surface area contributed by atoms with Crippen molar-refractivity contribution in [2.45, 2.75) is 13.0 Å². The number of nitrogens with one attached hydrogen (secondary N) is 1. The molecule has 0 unspecified atom stereocenters. The number of ether oxygens (including phenoxy) is 2. The van der Waals surface area contributed by atoms with Gasteiger partial charge in [0.2, 0.25) is 0 Å². The highest BCUT2D eigenvalue weighted by molar-refractivity contribution is 5.86. The van der Waals surface area contributed by atoms with E-state index in [1.54, 1.807) is 18.2 Å². The number of benzene rings is 1. The van der Waals surface area contributed by atoms with Crippen LogP contribution >= 0.6 is 0 Å². The predicted molar refractivity (Wildman–Crippen MR) is 92.8 cm³/mol. The summed E-state index contributed by atoms with van der Waals surface area (Å²) in [7, 11) is 1.44. The number of carboxylic acids is 1. The number of para-hydroxylation sites is 1. The quantitative estimate of drug-likeness (QED) is 0.416. The Labute approximate surface area is 148 Å². The van der Waals surface area contributed by atoms with Crippen LogP contribution in [0.4, 0.5) is 11.5 Å². The lowest BCUT2D eigenvalue weighted by atomic mass is 10.2. The van der Waals surface area contributed by atoms with E-state index >= 15 is 0 Å². The van der Waals surface area contributed by atoms with E-state index in [0.29, 0.717) is 17.1 Å². The molecule has 0 saturated carbocycles. The van der Waals surface area contributed by atoms with Crippen LogP contribution in [0.1, 0.15) is 12.5 Å². The van der Waals surface area contributed by atoms with Gasteiger partial charge in [-0.2, -0.15) is 5.10 Å². The lowest BCUT2D eigenvalue weighted by molar-refractivity contribution is -0.385. The van der Waals surface area contributed by atoms with Gasteiger partial charge in [0.15, 0.2) is 17.6 Å². The lowest BCUT2D eigenvalue weighted by Gasteiger charge is -2.15. The third kappa shape index (κ3) is 4.66. The van der Waals surface area contributed by atoms with Gasteiger partial charge in [0, 0.05) is 11.6 Å². The molecule has 0 aliphatic carbocycles. The lowest BCUT2D eigenvalue weighted by Crippen LogP contribution is -2.23. The van der Waals surface area contributed by atoms with Crippen molar-refractivity contribution in [2.75, 3.05) is 12.5 Å². The van der Waals surface area contributed by atoms with Crippen LogP contribution in [-0.2, 0) is 4.79 Å². The Hall–Kier alpha value is -3.69. The van der Waals surface area contributed by atoms with Gasteiger partial charge >= 0.3 is 5.97 Å². The third-order valence-electron chi connectivity index (χ3n) is 3.21. The Morgan fingerprint density at radius 3 is 2.77 bits per heavy atom. The van der Waals surface area contributed by atoms with Crippen molar-refractivity contribution < 1.29 is 24.3 Å². The average Bonchev–Trinajstić information content (AvgIpc) is 2.63. The minimum atomic E-state index is -1.12. The number of methoxy groups -OCH3 is 1. The maximum absolute atomic E-state index is 11.0. The van der Waals surface area contributed by atoms with Crippen LogP contribution in [0.5, 0.6) is 11.5 Å². The van der Waals surface area contributed by atoms with Gasteiger partial charge in [-0.1, -0.05) is 6.07 Å². The summed E-state index contributed by atoms with van der Waals surface area (Å²) in [4.78, 5) is 24.9. The minimum absolute atomic E-state index is 0.134. The molecule has 26 heavy (non-hydrogen) atoms. The van der Waals surface area contributed by atoms with Gasteiger partial charge in [0.25, 0.3) is 5.69 Å². The number of carboxylic acid groups (broad SMARTS) is 1. The fourth-order valence-corrected chi connectivity index (χ4v) is 1.88. The molecule has 0 bridgehead atoms. The molecule has 0 aliphatic rings. The average molecular weight is 360 g/mol. The molecule has 1 aromatic carbocycles. The summed E-state index contributed by atoms with van der Waals surface area (Å²) in [6.07, 6.45) is 1.42. The number of hydrazone groups is 1. The van der Waals surface area contributed by atoms with Gasteiger partial charge in [-0.05, 0) is 25.1 Å². The van der Waals surface area contributed by atoms with Crippen LogP contribution < -0.4 is 14.9 Å². The van der Waals surface area contributed by atoms with Gasteiger partial charge in [0.1, 0.15) is 12.0 Å². The highest BCUT2D eigenvalue weighted by Crippen LogP contribution is 2.31. The zero-order valence-corrected chi connectivity index (χ0v) is 13.9. The molecule has 1 atom stereocenters. The van der Waals surface area contributed by atoms with E-state index in [1.165, 1.54) is 32.4 Å². The van der Waals surface area contributed by atoms with Crippen LogP contribution in [0.2, 0.25) is 0 Å². The Bertz CT molecular complexity index is 822. The van der Waals surface area contributed by atoms with Gasteiger partial charge in [-0.25, -0.2) is 9.78 Å². The molecule has 2 aromatic rings. The van der Waals surface area contributed by atoms with Crippen molar-refractivity contribution in [3.63, 3.8) is 0 Å². The molecule has 0 spiro atoms. The Kier molecular flexibility index (Phi) is 6.04. The number of aromatic nitrogens is 1. The first kappa shape index (κ1) is 18.6. The zero-order valence-electron chi connectivity index (χ0n) is 13.9. The molecule has 0 saturated heterocycles. The van der Waals surface area contributed by atoms with Crippen LogP contribution in [0.15, 0.2) is 41.6 Å². The summed E-state index contributed by atoms with van der Waals surface area (Å²) in [6.45, 7) is 1.40. The van der Waals surface area contributed by atoms with Crippen LogP contribution in [0, 0.1) is 10.1 Å². The second kappa shape index (κ2) is 8.42. The van der Waals surface area contributed by atoms with Crippen molar-refractivity contribution in [2.24, 2.45) is 5.10 Å². The number of nitro groups is 1. The summed E-state index contributed by atoms with van der Waals surface area (Å²) in [5.74, 6) is -0.231. The van der Waals surface area contributed by atoms with E-state index < -0.39 is 17.0 Å². The van der Waals surface area contributed by atoms with Crippen molar-refractivity contribution in [3.8, 4) is 11.5 Å². The van der Waals surface area contributed by atoms with Crippen molar-refractivity contribution in [3.05, 3.63) is 52.2 Å². The smallest absolute Gasteiger partial charge is 0.344 e. The topological polar surface area (TPSA) is 136 Å². The number of carbonyl (C=O) groups is 1. The van der Waals surface area contributed by atoms with Crippen LogP contribution in [-0.4, -0.2) is 40.4 Å². The van der Waals surface area contributed by atoms with E-state index in [1.807, 2.05) is 0 Å². The van der Waals surface area contributed by atoms with Gasteiger partial charge < -0.3 is 14.6 Å². The maximum Gasteiger partial charge on any atom is 0.344 e. The van der Waals surface area contributed by atoms with E-state index in [4.69, 9.17) is 14.6 Å². The van der Waals surface area contributed by atoms with Crippen molar-refractivity contribution in [1.82, 2.24) is 4.98 Å². The molecule has 1 heterocycles. The van der Waals surface area contributed by atoms with Crippen molar-refractivity contribution >= 4 is 23.7 Å². The van der Waals surface area contributed by atoms with Gasteiger partial charge in [-0.3, -0.25) is 15.5 Å². The summed E-state index contributed by atoms with van der Waals surface area (Å²) in [5, 5.41) is 23.6. The van der Waals surface area contributed by atoms with E-state index in [0.717, 1.165) is 6.20 Å². The Morgan fingerprint density at radius 2 is 2.19 bits per heavy atom. The monoisotopic (exact) mass is 360 g/mol. The summed E-state index contributed by atoms with van der Waals surface area (Å²) >= 11 is 0. The summed E-state index contributed by atoms with van der Waals surface area (Å²) in [6, 6.07) is 7.69. The molecule has 0 fully saturated rings. The highest BCUT2D eigenvalue weighted by Gasteiger charge is 2.17. The second-order valence-corrected chi connectivity index (χ2v) is 5.01. The molecule has 2 rings (SSSR count). The number of nitrogens with zero attached hydrogens (tertiary/aromatic N) is 3. The fraction of sp³-hybridized carbons (Fsp3) is 0.188. The van der Waals surface area contributed by atoms with Gasteiger partial charge in [-0.15, -0.1) is 0 Å². The summed E-state index contributed by atoms with van der Waals surface area (Å²) < 4.78 is 10.6. The van der Waals surface area contributed by atoms with E-state index in [2.05, 4.69) is 15.5 Å². The first-order valence-electron chi connectivity index (χ1n) is 7.38. The normalized spacial score (nSPS) is 11.8. The number of hydrogen-bond donors (Lipinski definition) is 2. The predicted octanol–water partition coefficient (Wildman–Crippen LogP) is 2.30. The number of aliphatic carboxylic acids is 1. The number of rotatable bonds is 8. The highest BCUT2D eigenvalue weighted by atomic mass is 16.6. The van der Waals surface area contributed by atoms with Crippen molar-refractivity contribution in [1.29, 1.82) is 0 Å². The molecule has 2 N–H and O–H groups in total. The molecular weight excluding hydrogens is 344 g/mol. The second-order valence-electron chi connectivity index (χ2n) is 5.01. The van der Waals surface area contributed by atoms with Crippen LogP contribution in [0.25, 0.3) is 0 Å². The summed E-state index contributed by atoms with van der Waals surface area (Å²) in [5.41, 5.74) is 2.97. The van der Waals surface area contributed by atoms with E-state index in [-0.39, 0.29) is 11.4 Å². The van der Waals surface area contributed by atoms with E-state index in [9.17, 15) is 14.9 Å². The third-order valence-corrected chi connectivity index (χ3v) is 3.21. The fourth-order valence-electron chi connectivity index (χ4n) is 1.88. The number of hydrogen-bond acceptors (Lipinski definition) is 8. The molecule has 0 amide bonds. The first-order chi connectivity index (χ1) is 12.4. The molecule has 0 aliphatic heterocycles. The van der Waals surface area contributed by atoms with Crippen LogP contribution in [0.3, 0.4) is 0 Å². The standard InChI is InChI=1S/C16H16N4O6/c1-10(16(21)22)26-15-11(4-3-5-13(15)25-2)8-18-19-14-7-6-12(9-17-14)20(23)24/h3-10H,1-2H3,(H,17,19)(H,21,22)/b18-8-/t10-/m1/s1. The molecule has 10 heteroatoms. The Balaban J connectivity index is 2.18. The minimum Gasteiger partial charge on any atom is -0.493 e. The number of pyridine rings is 1. The molecule has 10 nitrogen and oxygen atoms in total. The maximum atomic E-state index is 11.0. The number of anilines is 1. The largest absolute Gasteiger partial charge is 0.493 e. The molecule has 1 aromatic heterocycles. The SMILES string of the molecule is COc1cccc(/C=N\Nc2ccc([N+](=O)[O-])cn2)c1O[C@H](C)C(=O)O.